The second-order valence-electron chi connectivity index (χ2n) is 4.46. The molecule has 19 heavy (non-hydrogen) atoms. The zero-order valence-corrected chi connectivity index (χ0v) is 11.8. The molecule has 1 aromatic rings. The first-order valence-corrected chi connectivity index (χ1v) is 6.42. The first kappa shape index (κ1) is 15.6. The number of ether oxygens (including phenoxy) is 1. The monoisotopic (exact) mass is 286 g/mol. The van der Waals surface area contributed by atoms with Gasteiger partial charge in [0.05, 0.1) is 11.6 Å². The number of hydrogen-bond donors (Lipinski definition) is 0. The molecule has 0 aliphatic heterocycles. The Morgan fingerprint density at radius 2 is 2.00 bits per heavy atom. The van der Waals surface area contributed by atoms with Gasteiger partial charge in [-0.1, -0.05) is 25.4 Å². The smallest absolute Gasteiger partial charge is 0.317 e. The fraction of sp³-hybridized carbons (Fsp3) is 0.429. The molecule has 1 rings (SSSR count). The highest BCUT2D eigenvalue weighted by atomic mass is 35.5. The van der Waals surface area contributed by atoms with Gasteiger partial charge in [0.25, 0.3) is 0 Å². The second-order valence-corrected chi connectivity index (χ2v) is 4.87. The molecule has 0 heterocycles. The number of carbonyl (C=O) groups excluding carboxylic acids is 2. The summed E-state index contributed by atoms with van der Waals surface area (Å²) in [5, 5.41) is -0.0000477. The van der Waals surface area contributed by atoms with Crippen molar-refractivity contribution in [1.29, 1.82) is 0 Å². The molecule has 0 N–H and O–H groups in total. The summed E-state index contributed by atoms with van der Waals surface area (Å²) in [5.74, 6) is -2.71. The first-order chi connectivity index (χ1) is 8.88. The Morgan fingerprint density at radius 3 is 2.47 bits per heavy atom. The number of Topliss-reactive ketones (excluding diaryl/α,β-unsaturated/α-hetero) is 1. The molecule has 1 atom stereocenters. The summed E-state index contributed by atoms with van der Waals surface area (Å²) in [4.78, 5) is 24.1. The maximum atomic E-state index is 13.0. The molecule has 5 heteroatoms. The Hall–Kier alpha value is -1.42. The lowest BCUT2D eigenvalue weighted by molar-refractivity contribution is -0.147. The molecule has 104 valence electrons. The van der Waals surface area contributed by atoms with Crippen molar-refractivity contribution in [3.63, 3.8) is 0 Å². The molecular weight excluding hydrogens is 271 g/mol. The van der Waals surface area contributed by atoms with Crippen LogP contribution in [0.2, 0.25) is 5.02 Å². The molecule has 0 fully saturated rings. The Morgan fingerprint density at radius 1 is 1.37 bits per heavy atom. The molecule has 0 aliphatic carbocycles. The fourth-order valence-corrected chi connectivity index (χ4v) is 2.03. The molecule has 0 bridgehead atoms. The average Bonchev–Trinajstić information content (AvgIpc) is 2.28. The third-order valence-corrected chi connectivity index (χ3v) is 3.00. The minimum Gasteiger partial charge on any atom is -0.465 e. The second kappa shape index (κ2) is 6.66. The molecular formula is C14H16ClFO3. The van der Waals surface area contributed by atoms with Crippen LogP contribution in [0.5, 0.6) is 0 Å². The number of carbonyl (C=O) groups is 2. The normalized spacial score (nSPS) is 12.3. The van der Waals surface area contributed by atoms with Crippen LogP contribution in [0.15, 0.2) is 18.2 Å². The number of rotatable bonds is 5. The van der Waals surface area contributed by atoms with Gasteiger partial charge in [0.1, 0.15) is 11.7 Å². The van der Waals surface area contributed by atoms with E-state index in [0.29, 0.717) is 0 Å². The van der Waals surface area contributed by atoms with E-state index >= 15 is 0 Å². The zero-order valence-electron chi connectivity index (χ0n) is 11.1. The summed E-state index contributed by atoms with van der Waals surface area (Å²) >= 11 is 5.84. The van der Waals surface area contributed by atoms with Crippen molar-refractivity contribution in [2.24, 2.45) is 11.8 Å². The number of esters is 1. The maximum Gasteiger partial charge on any atom is 0.317 e. The highest BCUT2D eigenvalue weighted by Crippen LogP contribution is 2.25. The Kier molecular flexibility index (Phi) is 5.48. The molecule has 0 saturated heterocycles. The van der Waals surface area contributed by atoms with E-state index in [1.54, 1.807) is 20.8 Å². The molecule has 1 unspecified atom stereocenters. The van der Waals surface area contributed by atoms with E-state index in [4.69, 9.17) is 16.3 Å². The largest absolute Gasteiger partial charge is 0.465 e. The van der Waals surface area contributed by atoms with Crippen LogP contribution < -0.4 is 0 Å². The standard InChI is InChI=1S/C14H16ClFO3/c1-4-19-14(18)12(8(2)3)13(17)10-6-5-9(16)7-11(10)15/h5-8,12H,4H2,1-3H3. The summed E-state index contributed by atoms with van der Waals surface area (Å²) in [6.07, 6.45) is 0. The SMILES string of the molecule is CCOC(=O)C(C(=O)c1ccc(F)cc1Cl)C(C)C. The minimum absolute atomic E-state index is 0.0000477. The maximum absolute atomic E-state index is 13.0. The van der Waals surface area contributed by atoms with Gasteiger partial charge in [0.2, 0.25) is 0 Å². The van der Waals surface area contributed by atoms with Crippen LogP contribution in [0.25, 0.3) is 0 Å². The Labute approximate surface area is 116 Å². The van der Waals surface area contributed by atoms with E-state index in [2.05, 4.69) is 0 Å². The molecule has 0 radical (unpaired) electrons. The summed E-state index contributed by atoms with van der Waals surface area (Å²) in [6.45, 7) is 5.37. The van der Waals surface area contributed by atoms with Gasteiger partial charge >= 0.3 is 5.97 Å². The molecule has 0 saturated carbocycles. The number of benzene rings is 1. The molecule has 0 aromatic heterocycles. The quantitative estimate of drug-likeness (QED) is 0.473. The van der Waals surface area contributed by atoms with Crippen LogP contribution >= 0.6 is 11.6 Å². The van der Waals surface area contributed by atoms with Crippen molar-refractivity contribution in [1.82, 2.24) is 0 Å². The summed E-state index contributed by atoms with van der Waals surface area (Å²) in [5.41, 5.74) is 0.134. The van der Waals surface area contributed by atoms with Gasteiger partial charge in [-0.25, -0.2) is 4.39 Å². The van der Waals surface area contributed by atoms with Crippen LogP contribution in [0.4, 0.5) is 4.39 Å². The van der Waals surface area contributed by atoms with Crippen LogP contribution in [-0.4, -0.2) is 18.4 Å². The summed E-state index contributed by atoms with van der Waals surface area (Å²) in [7, 11) is 0. The van der Waals surface area contributed by atoms with Gasteiger partial charge in [-0.2, -0.15) is 0 Å². The summed E-state index contributed by atoms with van der Waals surface area (Å²) < 4.78 is 17.9. The van der Waals surface area contributed by atoms with Crippen LogP contribution in [-0.2, 0) is 9.53 Å². The highest BCUT2D eigenvalue weighted by Gasteiger charge is 2.32. The minimum atomic E-state index is -0.928. The highest BCUT2D eigenvalue weighted by molar-refractivity contribution is 6.34. The van der Waals surface area contributed by atoms with Gasteiger partial charge in [0.15, 0.2) is 5.78 Å². The van der Waals surface area contributed by atoms with E-state index in [1.807, 2.05) is 0 Å². The van der Waals surface area contributed by atoms with E-state index in [0.717, 1.165) is 12.1 Å². The van der Waals surface area contributed by atoms with Crippen LogP contribution in [0.1, 0.15) is 31.1 Å². The predicted molar refractivity (Wildman–Crippen MR) is 70.7 cm³/mol. The number of hydrogen-bond acceptors (Lipinski definition) is 3. The van der Waals surface area contributed by atoms with Gasteiger partial charge < -0.3 is 4.74 Å². The van der Waals surface area contributed by atoms with Crippen LogP contribution in [0.3, 0.4) is 0 Å². The lowest BCUT2D eigenvalue weighted by Crippen LogP contribution is -2.31. The van der Waals surface area contributed by atoms with Crippen molar-refractivity contribution in [3.05, 3.63) is 34.6 Å². The number of halogens is 2. The van der Waals surface area contributed by atoms with Crippen molar-refractivity contribution < 1.29 is 18.7 Å². The molecule has 0 amide bonds. The Balaban J connectivity index is 3.09. The van der Waals surface area contributed by atoms with E-state index in [-0.39, 0.29) is 23.1 Å². The first-order valence-electron chi connectivity index (χ1n) is 6.04. The predicted octanol–water partition coefficient (Wildman–Crippen LogP) is 3.50. The van der Waals surface area contributed by atoms with E-state index in [1.165, 1.54) is 6.07 Å². The zero-order chi connectivity index (χ0) is 14.6. The third kappa shape index (κ3) is 3.77. The van der Waals surface area contributed by atoms with Crippen molar-refractivity contribution in [2.75, 3.05) is 6.61 Å². The lowest BCUT2D eigenvalue weighted by atomic mass is 9.88. The van der Waals surface area contributed by atoms with Crippen LogP contribution in [0, 0.1) is 17.7 Å². The van der Waals surface area contributed by atoms with E-state index in [9.17, 15) is 14.0 Å². The van der Waals surface area contributed by atoms with Crippen molar-refractivity contribution in [3.8, 4) is 0 Å². The fourth-order valence-electron chi connectivity index (χ4n) is 1.77. The Bertz CT molecular complexity index is 486. The topological polar surface area (TPSA) is 43.4 Å². The van der Waals surface area contributed by atoms with Gasteiger partial charge in [-0.15, -0.1) is 0 Å². The molecule has 0 spiro atoms. The van der Waals surface area contributed by atoms with Gasteiger partial charge in [-0.05, 0) is 31.0 Å². The average molecular weight is 287 g/mol. The van der Waals surface area contributed by atoms with Crippen molar-refractivity contribution >= 4 is 23.4 Å². The molecule has 0 aliphatic rings. The lowest BCUT2D eigenvalue weighted by Gasteiger charge is -2.18. The van der Waals surface area contributed by atoms with Crippen molar-refractivity contribution in [2.45, 2.75) is 20.8 Å². The molecule has 3 nitrogen and oxygen atoms in total. The van der Waals surface area contributed by atoms with Gasteiger partial charge in [0, 0.05) is 5.56 Å². The number of ketones is 1. The summed E-state index contributed by atoms with van der Waals surface area (Å²) in [6, 6.07) is 3.48. The molecule has 1 aromatic carbocycles. The van der Waals surface area contributed by atoms with E-state index < -0.39 is 23.5 Å². The third-order valence-electron chi connectivity index (χ3n) is 2.69. The van der Waals surface area contributed by atoms with Gasteiger partial charge in [-0.3, -0.25) is 9.59 Å².